The van der Waals surface area contributed by atoms with Crippen LogP contribution >= 0.6 is 0 Å². The summed E-state index contributed by atoms with van der Waals surface area (Å²) in [7, 11) is 0. The van der Waals surface area contributed by atoms with E-state index in [4.69, 9.17) is 10.3 Å². The Morgan fingerprint density at radius 2 is 1.71 bits per heavy atom. The number of hydrogen-bond acceptors (Lipinski definition) is 5. The smallest absolute Gasteiger partial charge is 0.303 e. The van der Waals surface area contributed by atoms with Crippen LogP contribution < -0.4 is 10.8 Å². The lowest BCUT2D eigenvalue weighted by Crippen LogP contribution is -2.51. The average molecular weight is 399 g/mol. The fourth-order valence-corrected chi connectivity index (χ4v) is 3.39. The number of carbonyl (C=O) groups excluding carboxylic acids is 3. The predicted octanol–water partition coefficient (Wildman–Crippen LogP) is 1.44. The van der Waals surface area contributed by atoms with E-state index in [0.717, 1.165) is 38.5 Å². The van der Waals surface area contributed by atoms with Crippen LogP contribution in [0.3, 0.4) is 0 Å². The van der Waals surface area contributed by atoms with Crippen LogP contribution in [0, 0.1) is 5.92 Å². The molecule has 0 saturated carbocycles. The quantitative estimate of drug-likeness (QED) is 0.223. The van der Waals surface area contributed by atoms with E-state index in [1.807, 2.05) is 6.92 Å². The van der Waals surface area contributed by atoms with Gasteiger partial charge in [0, 0.05) is 31.8 Å². The van der Waals surface area contributed by atoms with Crippen LogP contribution in [0.5, 0.6) is 0 Å². The summed E-state index contributed by atoms with van der Waals surface area (Å²) in [5, 5.41) is 20.4. The maximum atomic E-state index is 12.8. The highest BCUT2D eigenvalue weighted by atomic mass is 16.5. The molecule has 28 heavy (non-hydrogen) atoms. The van der Waals surface area contributed by atoms with Gasteiger partial charge in [0.05, 0.1) is 0 Å². The SMILES string of the molecule is CCCCC[C@H](CC(=O)NO)C(=O)N[C@@H](CCC(=O)O)C(=O)N1CCCCC1. The van der Waals surface area contributed by atoms with Crippen molar-refractivity contribution in [3.8, 4) is 0 Å². The van der Waals surface area contributed by atoms with Gasteiger partial charge in [0.2, 0.25) is 17.7 Å². The van der Waals surface area contributed by atoms with Crippen LogP contribution in [-0.4, -0.2) is 58.0 Å². The van der Waals surface area contributed by atoms with Crippen LogP contribution in [0.4, 0.5) is 0 Å². The number of unbranched alkanes of at least 4 members (excludes halogenated alkanes) is 2. The van der Waals surface area contributed by atoms with Crippen LogP contribution in [0.2, 0.25) is 0 Å². The Hall–Kier alpha value is -2.16. The van der Waals surface area contributed by atoms with E-state index in [2.05, 4.69) is 5.32 Å². The summed E-state index contributed by atoms with van der Waals surface area (Å²) in [6.45, 7) is 3.23. The summed E-state index contributed by atoms with van der Waals surface area (Å²) in [6, 6.07) is -0.924. The van der Waals surface area contributed by atoms with Crippen LogP contribution in [0.25, 0.3) is 0 Å². The topological polar surface area (TPSA) is 136 Å². The number of carboxylic acid groups (broad SMARTS) is 1. The van der Waals surface area contributed by atoms with E-state index in [9.17, 15) is 19.2 Å². The first kappa shape index (κ1) is 23.9. The highest BCUT2D eigenvalue weighted by Gasteiger charge is 2.30. The van der Waals surface area contributed by atoms with Crippen LogP contribution in [0.15, 0.2) is 0 Å². The van der Waals surface area contributed by atoms with E-state index in [1.54, 1.807) is 4.90 Å². The van der Waals surface area contributed by atoms with Crippen molar-refractivity contribution < 1.29 is 29.5 Å². The minimum Gasteiger partial charge on any atom is -0.481 e. The number of piperidine rings is 1. The van der Waals surface area contributed by atoms with Gasteiger partial charge in [-0.2, -0.15) is 0 Å². The number of likely N-dealkylation sites (tertiary alicyclic amines) is 1. The van der Waals surface area contributed by atoms with Gasteiger partial charge < -0.3 is 15.3 Å². The molecule has 1 aliphatic heterocycles. The lowest BCUT2D eigenvalue weighted by Gasteiger charge is -2.31. The molecule has 160 valence electrons. The normalized spacial score (nSPS) is 16.1. The van der Waals surface area contributed by atoms with Crippen molar-refractivity contribution in [2.45, 2.75) is 77.2 Å². The van der Waals surface area contributed by atoms with Gasteiger partial charge in [-0.3, -0.25) is 24.4 Å². The Morgan fingerprint density at radius 1 is 1.04 bits per heavy atom. The number of carbonyl (C=O) groups is 4. The molecule has 9 heteroatoms. The second-order valence-corrected chi connectivity index (χ2v) is 7.31. The van der Waals surface area contributed by atoms with E-state index in [0.29, 0.717) is 19.5 Å². The minimum atomic E-state index is -1.04. The monoisotopic (exact) mass is 399 g/mol. The number of nitrogens with zero attached hydrogens (tertiary/aromatic N) is 1. The molecular weight excluding hydrogens is 366 g/mol. The van der Waals surface area contributed by atoms with Gasteiger partial charge in [0.15, 0.2) is 0 Å². The van der Waals surface area contributed by atoms with E-state index in [1.165, 1.54) is 5.48 Å². The largest absolute Gasteiger partial charge is 0.481 e. The molecule has 9 nitrogen and oxygen atoms in total. The highest BCUT2D eigenvalue weighted by Crippen LogP contribution is 2.17. The third-order valence-electron chi connectivity index (χ3n) is 5.01. The third kappa shape index (κ3) is 8.69. The maximum Gasteiger partial charge on any atom is 0.303 e. The number of aliphatic carboxylic acids is 1. The van der Waals surface area contributed by atoms with E-state index < -0.39 is 29.7 Å². The summed E-state index contributed by atoms with van der Waals surface area (Å²) in [4.78, 5) is 49.7. The molecule has 3 amide bonds. The van der Waals surface area contributed by atoms with Crippen molar-refractivity contribution in [1.29, 1.82) is 0 Å². The summed E-state index contributed by atoms with van der Waals surface area (Å²) >= 11 is 0. The fourth-order valence-electron chi connectivity index (χ4n) is 3.39. The Morgan fingerprint density at radius 3 is 2.29 bits per heavy atom. The molecule has 4 N–H and O–H groups in total. The zero-order valence-electron chi connectivity index (χ0n) is 16.6. The molecule has 1 rings (SSSR count). The predicted molar refractivity (Wildman–Crippen MR) is 101 cm³/mol. The molecule has 0 unspecified atom stereocenters. The molecule has 1 aliphatic rings. The summed E-state index contributed by atoms with van der Waals surface area (Å²) in [5.74, 6) is -3.11. The number of nitrogens with one attached hydrogen (secondary N) is 2. The lowest BCUT2D eigenvalue weighted by atomic mass is 9.95. The highest BCUT2D eigenvalue weighted by molar-refractivity contribution is 5.90. The Balaban J connectivity index is 2.81. The van der Waals surface area contributed by atoms with Gasteiger partial charge in [-0.05, 0) is 32.1 Å². The molecule has 0 radical (unpaired) electrons. The van der Waals surface area contributed by atoms with Gasteiger partial charge in [-0.1, -0.05) is 26.2 Å². The number of hydroxylamine groups is 1. The first-order chi connectivity index (χ1) is 13.4. The van der Waals surface area contributed by atoms with Crippen molar-refractivity contribution in [2.24, 2.45) is 5.92 Å². The Labute approximate surface area is 165 Å². The molecule has 0 aliphatic carbocycles. The van der Waals surface area contributed by atoms with Gasteiger partial charge in [0.25, 0.3) is 0 Å². The van der Waals surface area contributed by atoms with Crippen molar-refractivity contribution in [3.63, 3.8) is 0 Å². The van der Waals surface area contributed by atoms with Crippen molar-refractivity contribution in [1.82, 2.24) is 15.7 Å². The number of carboxylic acids is 1. The molecule has 0 spiro atoms. The second kappa shape index (κ2) is 13.1. The maximum absolute atomic E-state index is 12.8. The van der Waals surface area contributed by atoms with Gasteiger partial charge >= 0.3 is 5.97 Å². The van der Waals surface area contributed by atoms with Crippen molar-refractivity contribution >= 4 is 23.7 Å². The molecule has 1 heterocycles. The van der Waals surface area contributed by atoms with Gasteiger partial charge in [0.1, 0.15) is 6.04 Å². The Kier molecular flexibility index (Phi) is 11.2. The van der Waals surface area contributed by atoms with Crippen LogP contribution in [-0.2, 0) is 19.2 Å². The molecule has 0 aromatic carbocycles. The zero-order valence-corrected chi connectivity index (χ0v) is 16.6. The first-order valence-electron chi connectivity index (χ1n) is 10.1. The van der Waals surface area contributed by atoms with Crippen LogP contribution in [0.1, 0.15) is 71.1 Å². The minimum absolute atomic E-state index is 0.00425. The third-order valence-corrected chi connectivity index (χ3v) is 5.01. The summed E-state index contributed by atoms with van der Waals surface area (Å²) in [5.41, 5.74) is 1.54. The lowest BCUT2D eigenvalue weighted by molar-refractivity contribution is -0.141. The number of amides is 3. The standard InChI is InChI=1S/C19H33N3O6/c1-2-3-5-8-14(13-16(23)21-28)18(26)20-15(9-10-17(24)25)19(27)22-11-6-4-7-12-22/h14-15,28H,2-13H2,1H3,(H,20,26)(H,21,23)(H,24,25)/t14-,15+/m1/s1. The Bertz CT molecular complexity index is 534. The van der Waals surface area contributed by atoms with Crippen molar-refractivity contribution in [3.05, 3.63) is 0 Å². The van der Waals surface area contributed by atoms with Crippen molar-refractivity contribution in [2.75, 3.05) is 13.1 Å². The second-order valence-electron chi connectivity index (χ2n) is 7.31. The number of rotatable bonds is 12. The molecule has 0 aromatic rings. The molecular formula is C19H33N3O6. The molecule has 1 fully saturated rings. The average Bonchev–Trinajstić information content (AvgIpc) is 2.70. The van der Waals surface area contributed by atoms with E-state index >= 15 is 0 Å². The van der Waals surface area contributed by atoms with Gasteiger partial charge in [-0.15, -0.1) is 0 Å². The molecule has 1 saturated heterocycles. The number of hydrogen-bond donors (Lipinski definition) is 4. The summed E-state index contributed by atoms with van der Waals surface area (Å²) in [6.07, 6.45) is 5.47. The summed E-state index contributed by atoms with van der Waals surface area (Å²) < 4.78 is 0. The van der Waals surface area contributed by atoms with E-state index in [-0.39, 0.29) is 25.2 Å². The molecule has 0 bridgehead atoms. The zero-order chi connectivity index (χ0) is 20.9. The molecule has 0 aromatic heterocycles. The molecule has 2 atom stereocenters. The fraction of sp³-hybridized carbons (Fsp3) is 0.789. The van der Waals surface area contributed by atoms with Gasteiger partial charge in [-0.25, -0.2) is 5.48 Å². The first-order valence-corrected chi connectivity index (χ1v) is 10.1.